The normalized spacial score (nSPS) is 32.8. The first-order valence-electron chi connectivity index (χ1n) is 16.0. The average molecular weight is 660 g/mol. The molecule has 262 valence electrons. The van der Waals surface area contributed by atoms with E-state index in [0.717, 1.165) is 11.6 Å². The zero-order valence-electron chi connectivity index (χ0n) is 28.2. The zero-order chi connectivity index (χ0) is 35.2. The van der Waals surface area contributed by atoms with E-state index in [2.05, 4.69) is 5.32 Å². The van der Waals surface area contributed by atoms with Gasteiger partial charge in [-0.2, -0.15) is 0 Å². The summed E-state index contributed by atoms with van der Waals surface area (Å²) in [6.07, 6.45) is 17.5. The molecular weight excluding hydrogens is 606 g/mol. The Hall–Kier alpha value is -3.16. The highest BCUT2D eigenvalue weighted by molar-refractivity contribution is 5.80. The smallest absolute Gasteiger partial charge is 0.328 e. The largest absolute Gasteiger partial charge is 0.478 e. The molecular formula is C36H53NO10. The molecule has 0 bridgehead atoms. The molecule has 0 aromatic heterocycles. The Labute approximate surface area is 278 Å². The monoisotopic (exact) mass is 659 g/mol. The molecule has 2 aliphatic rings. The van der Waals surface area contributed by atoms with Gasteiger partial charge in [-0.05, 0) is 32.8 Å². The molecule has 2 rings (SSSR count). The van der Waals surface area contributed by atoms with Crippen LogP contribution >= 0.6 is 0 Å². The van der Waals surface area contributed by atoms with Gasteiger partial charge in [0.1, 0.15) is 17.8 Å². The number of nitrogens with one attached hydrogen (secondary N) is 1. The fourth-order valence-electron chi connectivity index (χ4n) is 5.85. The summed E-state index contributed by atoms with van der Waals surface area (Å²) >= 11 is 0. The standard InChI is InChI=1S/C36H53NO10/c1-7-9-12-19-31-35(5,43)30(39)23-36(44,47-31)26(8-2)34(42)37-21-16-15-17-24(3)33(45-6)25(4)29-22-27(38)28(46-29)18-13-10-11-14-20-32(40)41/h7,9-20,25-31,33,38-39,43-44H,8,21-23H2,1-6H3,(H,37,42)(H,40,41)/b9-7-,11-10+,16-15+,18-13+,19-12+,20-14+,24-17+/t25-,26+,27-,28-,29+,30-,31-,33+,35?,36-/m1/s1. The Balaban J connectivity index is 1.97. The highest BCUT2D eigenvalue weighted by Crippen LogP contribution is 2.40. The van der Waals surface area contributed by atoms with Gasteiger partial charge in [0.15, 0.2) is 5.79 Å². The van der Waals surface area contributed by atoms with Gasteiger partial charge in [-0.15, -0.1) is 0 Å². The van der Waals surface area contributed by atoms with Gasteiger partial charge < -0.3 is 45.1 Å². The van der Waals surface area contributed by atoms with Gasteiger partial charge in [0.2, 0.25) is 5.91 Å². The highest BCUT2D eigenvalue weighted by Gasteiger charge is 2.55. The molecule has 11 heteroatoms. The molecule has 0 aromatic rings. The van der Waals surface area contributed by atoms with Crippen LogP contribution in [0.3, 0.4) is 0 Å². The van der Waals surface area contributed by atoms with Crippen molar-refractivity contribution >= 4 is 11.9 Å². The van der Waals surface area contributed by atoms with E-state index in [1.165, 1.54) is 13.0 Å². The first kappa shape index (κ1) is 40.0. The molecule has 0 spiro atoms. The Bertz CT molecular complexity index is 1230. The molecule has 2 aliphatic heterocycles. The van der Waals surface area contributed by atoms with Crippen molar-refractivity contribution in [2.24, 2.45) is 11.8 Å². The van der Waals surface area contributed by atoms with Gasteiger partial charge in [0, 0.05) is 38.5 Å². The molecule has 0 saturated carbocycles. The van der Waals surface area contributed by atoms with Crippen LogP contribution < -0.4 is 5.32 Å². The molecule has 2 fully saturated rings. The van der Waals surface area contributed by atoms with Crippen LogP contribution in [0.1, 0.15) is 53.9 Å². The van der Waals surface area contributed by atoms with E-state index in [9.17, 15) is 30.0 Å². The van der Waals surface area contributed by atoms with E-state index < -0.39 is 53.6 Å². The number of ether oxygens (including phenoxy) is 3. The summed E-state index contributed by atoms with van der Waals surface area (Å²) in [5.41, 5.74) is -0.727. The van der Waals surface area contributed by atoms with Crippen molar-refractivity contribution in [1.82, 2.24) is 5.32 Å². The van der Waals surface area contributed by atoms with Crippen LogP contribution in [-0.4, -0.2) is 99.1 Å². The minimum atomic E-state index is -1.98. The number of allylic oxidation sites excluding steroid dienone is 9. The molecule has 1 unspecified atom stereocenters. The zero-order valence-corrected chi connectivity index (χ0v) is 28.2. The molecule has 10 atom stereocenters. The number of methoxy groups -OCH3 is 1. The lowest BCUT2D eigenvalue weighted by molar-refractivity contribution is -0.329. The second-order valence-corrected chi connectivity index (χ2v) is 12.2. The number of carboxylic acid groups (broad SMARTS) is 1. The predicted molar refractivity (Wildman–Crippen MR) is 179 cm³/mol. The van der Waals surface area contributed by atoms with Gasteiger partial charge in [-0.25, -0.2) is 4.79 Å². The average Bonchev–Trinajstić information content (AvgIpc) is 3.38. The molecule has 47 heavy (non-hydrogen) atoms. The maximum absolute atomic E-state index is 13.1. The van der Waals surface area contributed by atoms with Crippen LogP contribution in [-0.2, 0) is 23.8 Å². The summed E-state index contributed by atoms with van der Waals surface area (Å²) < 4.78 is 17.7. The van der Waals surface area contributed by atoms with Crippen LogP contribution in [0.25, 0.3) is 0 Å². The van der Waals surface area contributed by atoms with Crippen molar-refractivity contribution in [3.8, 4) is 0 Å². The number of aliphatic carboxylic acids is 1. The third-order valence-electron chi connectivity index (χ3n) is 8.64. The Kier molecular flexibility index (Phi) is 16.2. The fraction of sp³-hybridized carbons (Fsp3) is 0.556. The number of carbonyl (C=O) groups excluding carboxylic acids is 1. The summed E-state index contributed by atoms with van der Waals surface area (Å²) in [7, 11) is 1.61. The van der Waals surface area contributed by atoms with E-state index in [0.29, 0.717) is 6.42 Å². The van der Waals surface area contributed by atoms with Crippen LogP contribution in [0.4, 0.5) is 0 Å². The van der Waals surface area contributed by atoms with Crippen molar-refractivity contribution < 1.29 is 49.3 Å². The summed E-state index contributed by atoms with van der Waals surface area (Å²) in [4.78, 5) is 23.7. The van der Waals surface area contributed by atoms with Crippen molar-refractivity contribution in [3.05, 3.63) is 84.6 Å². The number of aliphatic hydroxyl groups is 4. The molecule has 1 amide bonds. The Morgan fingerprint density at radius 3 is 2.38 bits per heavy atom. The minimum absolute atomic E-state index is 0.0826. The van der Waals surface area contributed by atoms with Gasteiger partial charge in [-0.3, -0.25) is 4.79 Å². The molecule has 2 heterocycles. The van der Waals surface area contributed by atoms with Crippen LogP contribution in [0.15, 0.2) is 84.6 Å². The number of carboxylic acids is 1. The first-order chi connectivity index (χ1) is 22.2. The van der Waals surface area contributed by atoms with Gasteiger partial charge in [0.05, 0.1) is 30.3 Å². The quantitative estimate of drug-likeness (QED) is 0.107. The molecule has 0 radical (unpaired) electrons. The summed E-state index contributed by atoms with van der Waals surface area (Å²) in [5.74, 6) is -4.52. The van der Waals surface area contributed by atoms with Crippen molar-refractivity contribution in [3.63, 3.8) is 0 Å². The molecule has 6 N–H and O–H groups in total. The summed E-state index contributed by atoms with van der Waals surface area (Å²) in [6.45, 7) is 9.11. The van der Waals surface area contributed by atoms with Gasteiger partial charge in [-0.1, -0.05) is 86.8 Å². The van der Waals surface area contributed by atoms with Crippen molar-refractivity contribution in [2.45, 2.75) is 102 Å². The van der Waals surface area contributed by atoms with Gasteiger partial charge in [0.25, 0.3) is 0 Å². The second kappa shape index (κ2) is 19.0. The second-order valence-electron chi connectivity index (χ2n) is 12.2. The topological polar surface area (TPSA) is 175 Å². The van der Waals surface area contributed by atoms with E-state index >= 15 is 0 Å². The SMILES string of the molecule is C/C=C\C=C\[C@H]1O[C@@](O)([C@@H](CC)C(=O)NC/C=C/C=C(\C)[C@H](OC)[C@H](C)[C@@H]2C[C@@H](O)[C@@H](/C=C/C=C/C=C/C(=O)O)O2)C[C@@H](O)C1(C)O. The van der Waals surface area contributed by atoms with Crippen LogP contribution in [0.2, 0.25) is 0 Å². The van der Waals surface area contributed by atoms with E-state index in [-0.39, 0.29) is 37.5 Å². The summed E-state index contributed by atoms with van der Waals surface area (Å²) in [6, 6.07) is 0. The summed E-state index contributed by atoms with van der Waals surface area (Å²) in [5, 5.41) is 54.8. The fourth-order valence-corrected chi connectivity index (χ4v) is 5.85. The minimum Gasteiger partial charge on any atom is -0.478 e. The van der Waals surface area contributed by atoms with E-state index in [4.69, 9.17) is 19.3 Å². The number of amides is 1. The lowest BCUT2D eigenvalue weighted by Gasteiger charge is -2.49. The maximum atomic E-state index is 13.1. The van der Waals surface area contributed by atoms with Gasteiger partial charge >= 0.3 is 5.97 Å². The third-order valence-corrected chi connectivity index (χ3v) is 8.64. The van der Waals surface area contributed by atoms with Crippen molar-refractivity contribution in [1.29, 1.82) is 0 Å². The van der Waals surface area contributed by atoms with E-state index in [1.54, 1.807) is 74.8 Å². The lowest BCUT2D eigenvalue weighted by atomic mass is 9.79. The van der Waals surface area contributed by atoms with Crippen LogP contribution in [0, 0.1) is 11.8 Å². The Morgan fingerprint density at radius 1 is 1.06 bits per heavy atom. The molecule has 11 nitrogen and oxygen atoms in total. The maximum Gasteiger partial charge on any atom is 0.328 e. The molecule has 0 aliphatic carbocycles. The third kappa shape index (κ3) is 11.5. The predicted octanol–water partition coefficient (Wildman–Crippen LogP) is 3.28. The number of hydrogen-bond acceptors (Lipinski definition) is 9. The number of hydrogen-bond donors (Lipinski definition) is 6. The number of aliphatic hydroxyl groups excluding tert-OH is 2. The van der Waals surface area contributed by atoms with E-state index in [1.807, 2.05) is 26.8 Å². The van der Waals surface area contributed by atoms with Crippen molar-refractivity contribution in [2.75, 3.05) is 13.7 Å². The first-order valence-corrected chi connectivity index (χ1v) is 16.0. The lowest BCUT2D eigenvalue weighted by Crippen LogP contribution is -2.64. The Morgan fingerprint density at radius 2 is 1.74 bits per heavy atom. The molecule has 2 saturated heterocycles. The molecule has 0 aromatic carbocycles. The number of rotatable bonds is 16. The van der Waals surface area contributed by atoms with Crippen LogP contribution in [0.5, 0.6) is 0 Å². The number of carbonyl (C=O) groups is 2. The highest BCUT2D eigenvalue weighted by atomic mass is 16.6.